The van der Waals surface area contributed by atoms with Gasteiger partial charge in [-0.1, -0.05) is 11.6 Å². The molecule has 4 aromatic rings. The van der Waals surface area contributed by atoms with Gasteiger partial charge in [-0.3, -0.25) is 4.40 Å². The Kier molecular flexibility index (Phi) is 5.61. The van der Waals surface area contributed by atoms with Crippen molar-refractivity contribution in [1.29, 1.82) is 0 Å². The van der Waals surface area contributed by atoms with Crippen LogP contribution in [0.1, 0.15) is 31.1 Å². The molecule has 3 heterocycles. The van der Waals surface area contributed by atoms with E-state index in [2.05, 4.69) is 15.3 Å². The van der Waals surface area contributed by atoms with E-state index >= 15 is 4.39 Å². The van der Waals surface area contributed by atoms with Crippen LogP contribution < -0.4 is 5.32 Å². The first kappa shape index (κ1) is 22.7. The van der Waals surface area contributed by atoms with E-state index in [1.165, 1.54) is 25.6 Å². The zero-order valence-corrected chi connectivity index (χ0v) is 19.5. The van der Waals surface area contributed by atoms with Crippen LogP contribution in [0.4, 0.5) is 14.6 Å². The van der Waals surface area contributed by atoms with Crippen LogP contribution in [0.2, 0.25) is 5.15 Å². The minimum atomic E-state index is -1.08. The topological polar surface area (TPSA) is 73.5 Å². The number of anilines is 1. The largest absolute Gasteiger partial charge is 0.465 e. The van der Waals surface area contributed by atoms with Gasteiger partial charge in [0.2, 0.25) is 0 Å². The number of hydrogen-bond donors (Lipinski definition) is 1. The molecule has 0 atom stereocenters. The summed E-state index contributed by atoms with van der Waals surface area (Å²) < 4.78 is 37.9. The second-order valence-electron chi connectivity index (χ2n) is 8.60. The van der Waals surface area contributed by atoms with Crippen molar-refractivity contribution >= 4 is 29.0 Å². The van der Waals surface area contributed by atoms with Gasteiger partial charge in [0, 0.05) is 24.3 Å². The summed E-state index contributed by atoms with van der Waals surface area (Å²) in [4.78, 5) is 20.9. The predicted molar refractivity (Wildman–Crippen MR) is 122 cm³/mol. The van der Waals surface area contributed by atoms with Crippen LogP contribution in [0.5, 0.6) is 0 Å². The number of aromatic nitrogens is 4. The molecule has 10 heteroatoms. The number of halogens is 3. The lowest BCUT2D eigenvalue weighted by molar-refractivity contribution is 0.0600. The summed E-state index contributed by atoms with van der Waals surface area (Å²) in [5.41, 5.74) is 0.817. The third-order valence-electron chi connectivity index (χ3n) is 4.99. The lowest BCUT2D eigenvalue weighted by Crippen LogP contribution is -2.27. The molecule has 0 aliphatic rings. The van der Waals surface area contributed by atoms with Crippen molar-refractivity contribution in [3.8, 4) is 22.5 Å². The molecule has 0 saturated carbocycles. The second-order valence-corrected chi connectivity index (χ2v) is 8.96. The number of aryl methyl sites for hydroxylation is 1. The maximum Gasteiger partial charge on any atom is 0.338 e. The monoisotopic (exact) mass is 473 g/mol. The molecule has 0 saturated heterocycles. The van der Waals surface area contributed by atoms with Gasteiger partial charge in [0.25, 0.3) is 0 Å². The van der Waals surface area contributed by atoms with E-state index in [0.29, 0.717) is 17.2 Å². The third-order valence-corrected chi connectivity index (χ3v) is 5.44. The number of nitrogens with zero attached hydrogens (tertiary/aromatic N) is 4. The molecule has 1 aromatic carbocycles. The van der Waals surface area contributed by atoms with E-state index in [0.717, 1.165) is 6.07 Å². The van der Waals surface area contributed by atoms with Crippen LogP contribution in [0, 0.1) is 11.6 Å². The van der Waals surface area contributed by atoms with Crippen molar-refractivity contribution in [2.75, 3.05) is 12.4 Å². The van der Waals surface area contributed by atoms with Gasteiger partial charge in [-0.15, -0.1) is 0 Å². The number of fused-ring (bicyclic) bond motifs is 1. The van der Waals surface area contributed by atoms with E-state index in [-0.39, 0.29) is 27.5 Å². The zero-order valence-electron chi connectivity index (χ0n) is 18.7. The number of rotatable bonds is 4. The highest BCUT2D eigenvalue weighted by Gasteiger charge is 2.27. The lowest BCUT2D eigenvalue weighted by atomic mass is 10.00. The van der Waals surface area contributed by atoms with Crippen molar-refractivity contribution in [3.63, 3.8) is 0 Å². The molecule has 0 amide bonds. The standard InChI is InChI=1S/C23H22ClF2N5O2/c1-23(2,3)29-21-19(28-15-10-12(22(32)33-5)8-9-31(15)21)16-13(6-7-14(25)17(16)26)18-20(24)30(4)11-27-18/h6-11,29H,1-5H3. The summed E-state index contributed by atoms with van der Waals surface area (Å²) in [6, 6.07) is 5.54. The second kappa shape index (κ2) is 8.15. The van der Waals surface area contributed by atoms with Crippen molar-refractivity contribution in [2.24, 2.45) is 7.05 Å². The Labute approximate surface area is 194 Å². The summed E-state index contributed by atoms with van der Waals surface area (Å²) in [7, 11) is 2.98. The first-order valence-electron chi connectivity index (χ1n) is 10.1. The first-order chi connectivity index (χ1) is 15.5. The number of hydrogen-bond acceptors (Lipinski definition) is 5. The fraction of sp³-hybridized carbons (Fsp3) is 0.261. The van der Waals surface area contributed by atoms with Crippen LogP contribution >= 0.6 is 11.6 Å². The van der Waals surface area contributed by atoms with E-state index in [1.807, 2.05) is 20.8 Å². The zero-order chi connectivity index (χ0) is 24.1. The predicted octanol–water partition coefficient (Wildman–Crippen LogP) is 5.33. The van der Waals surface area contributed by atoms with E-state index in [9.17, 15) is 9.18 Å². The number of methoxy groups -OCH3 is 1. The van der Waals surface area contributed by atoms with E-state index in [1.54, 1.807) is 28.3 Å². The fourth-order valence-corrected chi connectivity index (χ4v) is 3.71. The highest BCUT2D eigenvalue weighted by atomic mass is 35.5. The molecule has 0 spiro atoms. The molecule has 3 aromatic heterocycles. The number of ether oxygens (including phenoxy) is 1. The highest BCUT2D eigenvalue weighted by molar-refractivity contribution is 6.32. The number of imidazole rings is 2. The SMILES string of the molecule is COC(=O)c1ccn2c(NC(C)(C)C)c(-c3c(-c4ncn(C)c4Cl)ccc(F)c3F)nc2c1. The molecule has 1 N–H and O–H groups in total. The Hall–Kier alpha value is -3.46. The van der Waals surface area contributed by atoms with Crippen molar-refractivity contribution in [3.05, 3.63) is 59.1 Å². The van der Waals surface area contributed by atoms with Crippen LogP contribution in [0.25, 0.3) is 28.2 Å². The van der Waals surface area contributed by atoms with Gasteiger partial charge in [-0.25, -0.2) is 23.5 Å². The van der Waals surface area contributed by atoms with Gasteiger partial charge in [-0.2, -0.15) is 0 Å². The molecule has 4 rings (SSSR count). The van der Waals surface area contributed by atoms with Gasteiger partial charge in [0.05, 0.1) is 24.6 Å². The normalized spacial score (nSPS) is 11.8. The van der Waals surface area contributed by atoms with E-state index in [4.69, 9.17) is 16.3 Å². The van der Waals surface area contributed by atoms with Gasteiger partial charge in [0.1, 0.15) is 28.0 Å². The quantitative estimate of drug-likeness (QED) is 0.405. The van der Waals surface area contributed by atoms with Gasteiger partial charge >= 0.3 is 5.97 Å². The van der Waals surface area contributed by atoms with Gasteiger partial charge in [-0.05, 0) is 45.0 Å². The molecule has 0 aliphatic carbocycles. The summed E-state index contributed by atoms with van der Waals surface area (Å²) in [6.07, 6.45) is 3.11. The van der Waals surface area contributed by atoms with E-state index < -0.39 is 23.1 Å². The minimum Gasteiger partial charge on any atom is -0.465 e. The Morgan fingerprint density at radius 3 is 2.52 bits per heavy atom. The lowest BCUT2D eigenvalue weighted by Gasteiger charge is -2.23. The molecule has 0 aliphatic heterocycles. The van der Waals surface area contributed by atoms with Crippen molar-refractivity contribution in [2.45, 2.75) is 26.3 Å². The van der Waals surface area contributed by atoms with Gasteiger partial charge < -0.3 is 14.6 Å². The van der Waals surface area contributed by atoms with Crippen LogP contribution in [-0.4, -0.2) is 37.6 Å². The molecule has 7 nitrogen and oxygen atoms in total. The van der Waals surface area contributed by atoms with Crippen molar-refractivity contribution in [1.82, 2.24) is 18.9 Å². The molecule has 0 radical (unpaired) electrons. The average molecular weight is 474 g/mol. The molecular formula is C23H22ClF2N5O2. The number of benzene rings is 1. The number of carbonyl (C=O) groups is 1. The maximum absolute atomic E-state index is 15.4. The highest BCUT2D eigenvalue weighted by Crippen LogP contribution is 2.41. The summed E-state index contributed by atoms with van der Waals surface area (Å²) >= 11 is 6.38. The molecule has 0 fully saturated rings. The average Bonchev–Trinajstić information content (AvgIpc) is 3.27. The molecule has 172 valence electrons. The maximum atomic E-state index is 15.4. The van der Waals surface area contributed by atoms with Crippen molar-refractivity contribution < 1.29 is 18.3 Å². The molecule has 0 bridgehead atoms. The number of nitrogens with one attached hydrogen (secondary N) is 1. The molecule has 0 unspecified atom stereocenters. The Morgan fingerprint density at radius 2 is 1.91 bits per heavy atom. The molecular weight excluding hydrogens is 452 g/mol. The third kappa shape index (κ3) is 4.04. The van der Waals surface area contributed by atoms with Gasteiger partial charge in [0.15, 0.2) is 11.6 Å². The fourth-order valence-electron chi connectivity index (χ4n) is 3.51. The van der Waals surface area contributed by atoms with Crippen LogP contribution in [0.3, 0.4) is 0 Å². The summed E-state index contributed by atoms with van der Waals surface area (Å²) in [5.74, 6) is -2.23. The number of esters is 1. The summed E-state index contributed by atoms with van der Waals surface area (Å²) in [6.45, 7) is 5.78. The van der Waals surface area contributed by atoms with Crippen LogP contribution in [-0.2, 0) is 11.8 Å². The number of pyridine rings is 1. The smallest absolute Gasteiger partial charge is 0.338 e. The Morgan fingerprint density at radius 1 is 1.18 bits per heavy atom. The Balaban J connectivity index is 2.07. The van der Waals surface area contributed by atoms with Crippen LogP contribution in [0.15, 0.2) is 36.8 Å². The summed E-state index contributed by atoms with van der Waals surface area (Å²) in [5, 5.41) is 3.58. The molecule has 33 heavy (non-hydrogen) atoms. The Bertz CT molecular complexity index is 1390. The number of carbonyl (C=O) groups excluding carboxylic acids is 1. The minimum absolute atomic E-state index is 0.0920. The first-order valence-corrected chi connectivity index (χ1v) is 10.4.